The largest absolute Gasteiger partial charge is 0.493 e. The van der Waals surface area contributed by atoms with Crippen molar-refractivity contribution in [3.8, 4) is 17.3 Å². The number of nitrogens with two attached hydrogens (primary N) is 1. The van der Waals surface area contributed by atoms with E-state index in [4.69, 9.17) is 15.2 Å². The Morgan fingerprint density at radius 1 is 1.07 bits per heavy atom. The Morgan fingerprint density at radius 2 is 1.86 bits per heavy atom. The number of rotatable bonds is 6. The number of methoxy groups -OCH3 is 2. The molecule has 8 heteroatoms. The lowest BCUT2D eigenvalue weighted by Gasteiger charge is -2.11. The SMILES string of the molecule is COc1ccc(Nc2nccc(-n3cc(C(N)=O)c4ccccc43)n2)cc1OC. The summed E-state index contributed by atoms with van der Waals surface area (Å²) < 4.78 is 12.4. The van der Waals surface area contributed by atoms with E-state index in [1.54, 1.807) is 44.8 Å². The van der Waals surface area contributed by atoms with Crippen LogP contribution in [0.5, 0.6) is 11.5 Å². The van der Waals surface area contributed by atoms with Gasteiger partial charge in [-0.1, -0.05) is 18.2 Å². The number of ether oxygens (including phenoxy) is 2. The van der Waals surface area contributed by atoms with Gasteiger partial charge in [0.25, 0.3) is 5.91 Å². The van der Waals surface area contributed by atoms with Crippen LogP contribution in [0.2, 0.25) is 0 Å². The van der Waals surface area contributed by atoms with Gasteiger partial charge in [-0.25, -0.2) is 4.98 Å². The molecule has 0 aliphatic carbocycles. The smallest absolute Gasteiger partial charge is 0.250 e. The van der Waals surface area contributed by atoms with Crippen LogP contribution >= 0.6 is 0 Å². The maximum atomic E-state index is 11.8. The van der Waals surface area contributed by atoms with E-state index in [0.717, 1.165) is 16.6 Å². The van der Waals surface area contributed by atoms with Crippen molar-refractivity contribution >= 4 is 28.4 Å². The Hall–Kier alpha value is -4.07. The van der Waals surface area contributed by atoms with Crippen LogP contribution in [0, 0.1) is 0 Å². The van der Waals surface area contributed by atoms with E-state index >= 15 is 0 Å². The van der Waals surface area contributed by atoms with Gasteiger partial charge in [0.15, 0.2) is 11.5 Å². The lowest BCUT2D eigenvalue weighted by atomic mass is 10.2. The number of benzene rings is 2. The van der Waals surface area contributed by atoms with E-state index in [0.29, 0.717) is 28.8 Å². The van der Waals surface area contributed by atoms with Gasteiger partial charge in [0.05, 0.1) is 25.3 Å². The lowest BCUT2D eigenvalue weighted by molar-refractivity contribution is 0.100. The molecule has 0 saturated carbocycles. The Kier molecular flexibility index (Phi) is 4.74. The molecule has 2 aromatic carbocycles. The average Bonchev–Trinajstić information content (AvgIpc) is 3.14. The third-order valence-corrected chi connectivity index (χ3v) is 4.50. The van der Waals surface area contributed by atoms with Crippen molar-refractivity contribution in [2.24, 2.45) is 5.73 Å². The highest BCUT2D eigenvalue weighted by Crippen LogP contribution is 2.31. The van der Waals surface area contributed by atoms with E-state index < -0.39 is 5.91 Å². The van der Waals surface area contributed by atoms with Crippen molar-refractivity contribution in [3.63, 3.8) is 0 Å². The molecule has 0 fully saturated rings. The lowest BCUT2D eigenvalue weighted by Crippen LogP contribution is -2.10. The van der Waals surface area contributed by atoms with Gasteiger partial charge in [-0.2, -0.15) is 4.98 Å². The topological polar surface area (TPSA) is 104 Å². The third kappa shape index (κ3) is 3.43. The third-order valence-electron chi connectivity index (χ3n) is 4.50. The highest BCUT2D eigenvalue weighted by Gasteiger charge is 2.14. The molecule has 0 aliphatic heterocycles. The molecule has 4 aromatic rings. The minimum absolute atomic E-state index is 0.396. The summed E-state index contributed by atoms with van der Waals surface area (Å²) in [6.45, 7) is 0. The molecule has 0 radical (unpaired) electrons. The summed E-state index contributed by atoms with van der Waals surface area (Å²) in [4.78, 5) is 20.7. The Bertz CT molecular complexity index is 1200. The second kappa shape index (κ2) is 7.51. The fraction of sp³-hybridized carbons (Fsp3) is 0.0952. The maximum Gasteiger partial charge on any atom is 0.250 e. The van der Waals surface area contributed by atoms with E-state index in [9.17, 15) is 4.79 Å². The standard InChI is InChI=1S/C21H19N5O3/c1-28-17-8-7-13(11-18(17)29-2)24-21-23-10-9-19(25-21)26-12-15(20(22)27)14-5-3-4-6-16(14)26/h3-12H,1-2H3,(H2,22,27)(H,23,24,25). The van der Waals surface area contributed by atoms with Gasteiger partial charge in [-0.15, -0.1) is 0 Å². The number of aromatic nitrogens is 3. The first-order valence-electron chi connectivity index (χ1n) is 8.83. The second-order valence-corrected chi connectivity index (χ2v) is 6.23. The number of carbonyl (C=O) groups excluding carboxylic acids is 1. The molecule has 8 nitrogen and oxygen atoms in total. The number of nitrogens with zero attached hydrogens (tertiary/aromatic N) is 3. The zero-order chi connectivity index (χ0) is 20.4. The van der Waals surface area contributed by atoms with Gasteiger partial charge >= 0.3 is 0 Å². The summed E-state index contributed by atoms with van der Waals surface area (Å²) in [6.07, 6.45) is 3.33. The normalized spacial score (nSPS) is 10.7. The molecule has 0 unspecified atom stereocenters. The average molecular weight is 389 g/mol. The molecule has 4 rings (SSSR count). The second-order valence-electron chi connectivity index (χ2n) is 6.23. The number of amides is 1. The van der Waals surface area contributed by atoms with Crippen molar-refractivity contribution in [2.45, 2.75) is 0 Å². The first-order chi connectivity index (χ1) is 14.1. The molecule has 0 bridgehead atoms. The van der Waals surface area contributed by atoms with Crippen LogP contribution in [0.3, 0.4) is 0 Å². The molecule has 0 aliphatic rings. The van der Waals surface area contributed by atoms with Crippen LogP contribution in [-0.4, -0.2) is 34.7 Å². The number of hydrogen-bond donors (Lipinski definition) is 2. The summed E-state index contributed by atoms with van der Waals surface area (Å²) in [6, 6.07) is 14.7. The van der Waals surface area contributed by atoms with Crippen molar-refractivity contribution < 1.29 is 14.3 Å². The molecule has 2 aromatic heterocycles. The minimum Gasteiger partial charge on any atom is -0.493 e. The van der Waals surface area contributed by atoms with Gasteiger partial charge in [0.1, 0.15) is 5.82 Å². The fourth-order valence-electron chi connectivity index (χ4n) is 3.15. The Balaban J connectivity index is 1.72. The van der Waals surface area contributed by atoms with Gasteiger partial charge < -0.3 is 25.1 Å². The molecule has 1 amide bonds. The number of primary amides is 1. The molecule has 3 N–H and O–H groups in total. The summed E-state index contributed by atoms with van der Waals surface area (Å²) >= 11 is 0. The maximum absolute atomic E-state index is 11.8. The van der Waals surface area contributed by atoms with E-state index in [1.807, 2.05) is 34.9 Å². The number of para-hydroxylation sites is 1. The first-order valence-corrected chi connectivity index (χ1v) is 8.83. The van der Waals surface area contributed by atoms with E-state index in [2.05, 4.69) is 15.3 Å². The minimum atomic E-state index is -0.488. The summed E-state index contributed by atoms with van der Waals surface area (Å²) in [5.41, 5.74) is 7.55. The molecule has 2 heterocycles. The van der Waals surface area contributed by atoms with Crippen LogP contribution in [-0.2, 0) is 0 Å². The number of carbonyl (C=O) groups is 1. The fourth-order valence-corrected chi connectivity index (χ4v) is 3.15. The molecule has 0 atom stereocenters. The van der Waals surface area contributed by atoms with Crippen LogP contribution < -0.4 is 20.5 Å². The highest BCUT2D eigenvalue weighted by atomic mass is 16.5. The first kappa shape index (κ1) is 18.3. The van der Waals surface area contributed by atoms with Crippen LogP contribution in [0.25, 0.3) is 16.7 Å². The van der Waals surface area contributed by atoms with E-state index in [1.165, 1.54) is 0 Å². The monoisotopic (exact) mass is 389 g/mol. The molecular formula is C21H19N5O3. The number of nitrogens with one attached hydrogen (secondary N) is 1. The zero-order valence-electron chi connectivity index (χ0n) is 15.9. The summed E-state index contributed by atoms with van der Waals surface area (Å²) in [5.74, 6) is 1.74. The van der Waals surface area contributed by atoms with Gasteiger partial charge in [-0.3, -0.25) is 4.79 Å². The van der Waals surface area contributed by atoms with Gasteiger partial charge in [-0.05, 0) is 24.3 Å². The van der Waals surface area contributed by atoms with E-state index in [-0.39, 0.29) is 0 Å². The highest BCUT2D eigenvalue weighted by molar-refractivity contribution is 6.06. The van der Waals surface area contributed by atoms with Gasteiger partial charge in [0, 0.05) is 29.5 Å². The van der Waals surface area contributed by atoms with Crippen molar-refractivity contribution in [2.75, 3.05) is 19.5 Å². The Labute approximate surface area is 166 Å². The quantitative estimate of drug-likeness (QED) is 0.524. The van der Waals surface area contributed by atoms with Crippen molar-refractivity contribution in [3.05, 3.63) is 66.5 Å². The molecule has 0 saturated heterocycles. The predicted octanol–water partition coefficient (Wildman–Crippen LogP) is 3.28. The number of anilines is 2. The zero-order valence-corrected chi connectivity index (χ0v) is 15.9. The molecular weight excluding hydrogens is 370 g/mol. The van der Waals surface area contributed by atoms with Crippen molar-refractivity contribution in [1.29, 1.82) is 0 Å². The van der Waals surface area contributed by atoms with Gasteiger partial charge in [0.2, 0.25) is 5.95 Å². The van der Waals surface area contributed by atoms with Crippen LogP contribution in [0.1, 0.15) is 10.4 Å². The number of hydrogen-bond acceptors (Lipinski definition) is 6. The molecule has 0 spiro atoms. The molecule has 29 heavy (non-hydrogen) atoms. The number of fused-ring (bicyclic) bond motifs is 1. The summed E-state index contributed by atoms with van der Waals surface area (Å²) in [7, 11) is 3.16. The predicted molar refractivity (Wildman–Crippen MR) is 110 cm³/mol. The van der Waals surface area contributed by atoms with Crippen LogP contribution in [0.4, 0.5) is 11.6 Å². The van der Waals surface area contributed by atoms with Crippen LogP contribution in [0.15, 0.2) is 60.9 Å². The Morgan fingerprint density at radius 3 is 2.62 bits per heavy atom. The molecule has 146 valence electrons. The summed E-state index contributed by atoms with van der Waals surface area (Å²) in [5, 5.41) is 3.93. The van der Waals surface area contributed by atoms with Crippen molar-refractivity contribution in [1.82, 2.24) is 14.5 Å².